The van der Waals surface area contributed by atoms with Gasteiger partial charge in [-0.2, -0.15) is 0 Å². The first kappa shape index (κ1) is 24.6. The van der Waals surface area contributed by atoms with Crippen molar-refractivity contribution in [3.05, 3.63) is 71.8 Å². The van der Waals surface area contributed by atoms with Gasteiger partial charge in [-0.1, -0.05) is 60.7 Å². The first-order chi connectivity index (χ1) is 15.1. The Morgan fingerprint density at radius 2 is 1.23 bits per heavy atom. The lowest BCUT2D eigenvalue weighted by Crippen LogP contribution is -2.22. The first-order valence-corrected chi connectivity index (χ1v) is 10.7. The molecule has 1 atom stereocenters. The highest BCUT2D eigenvalue weighted by Gasteiger charge is 2.12. The highest BCUT2D eigenvalue weighted by molar-refractivity contribution is 5.70. The Balaban J connectivity index is 1.43. The highest BCUT2D eigenvalue weighted by Crippen LogP contribution is 2.05. The Morgan fingerprint density at radius 1 is 0.742 bits per heavy atom. The summed E-state index contributed by atoms with van der Waals surface area (Å²) in [6, 6.07) is 19.7. The SMILES string of the molecule is CC(COC(=O)CCCOCc1ccccc1)OC(=O)CCCOCc1ccccc1. The largest absolute Gasteiger partial charge is 0.462 e. The Kier molecular flexibility index (Phi) is 12.0. The highest BCUT2D eigenvalue weighted by atomic mass is 16.6. The second-order valence-corrected chi connectivity index (χ2v) is 7.27. The van der Waals surface area contributed by atoms with Crippen LogP contribution < -0.4 is 0 Å². The lowest BCUT2D eigenvalue weighted by Gasteiger charge is -2.14. The quantitative estimate of drug-likeness (QED) is 0.308. The molecule has 2 rings (SSSR count). The number of esters is 2. The molecule has 6 nitrogen and oxygen atoms in total. The van der Waals surface area contributed by atoms with Gasteiger partial charge in [0.15, 0.2) is 0 Å². The molecule has 0 aliphatic carbocycles. The van der Waals surface area contributed by atoms with E-state index in [1.54, 1.807) is 6.92 Å². The number of carbonyl (C=O) groups excluding carboxylic acids is 2. The third-order valence-electron chi connectivity index (χ3n) is 4.37. The molecule has 0 saturated heterocycles. The number of carbonyl (C=O) groups is 2. The van der Waals surface area contributed by atoms with Crippen LogP contribution >= 0.6 is 0 Å². The fourth-order valence-electron chi connectivity index (χ4n) is 2.77. The maximum Gasteiger partial charge on any atom is 0.306 e. The molecule has 1 unspecified atom stereocenters. The zero-order valence-corrected chi connectivity index (χ0v) is 18.2. The van der Waals surface area contributed by atoms with Crippen LogP contribution in [0.5, 0.6) is 0 Å². The third kappa shape index (κ3) is 11.9. The molecule has 2 aromatic carbocycles. The molecule has 0 heterocycles. The van der Waals surface area contributed by atoms with Crippen LogP contribution in [0.4, 0.5) is 0 Å². The molecule has 0 fully saturated rings. The number of ether oxygens (including phenoxy) is 4. The van der Waals surface area contributed by atoms with Gasteiger partial charge in [0, 0.05) is 26.1 Å². The molecule has 0 aliphatic heterocycles. The average Bonchev–Trinajstić information content (AvgIpc) is 2.78. The van der Waals surface area contributed by atoms with Gasteiger partial charge in [0.1, 0.15) is 12.7 Å². The van der Waals surface area contributed by atoms with Gasteiger partial charge in [-0.15, -0.1) is 0 Å². The van der Waals surface area contributed by atoms with Gasteiger partial charge in [0.05, 0.1) is 13.2 Å². The summed E-state index contributed by atoms with van der Waals surface area (Å²) in [6.45, 7) is 3.79. The minimum atomic E-state index is -0.476. The van der Waals surface area contributed by atoms with E-state index >= 15 is 0 Å². The molecule has 31 heavy (non-hydrogen) atoms. The molecule has 0 N–H and O–H groups in total. The summed E-state index contributed by atoms with van der Waals surface area (Å²) >= 11 is 0. The second-order valence-electron chi connectivity index (χ2n) is 7.27. The predicted octanol–water partition coefficient (Wildman–Crippen LogP) is 4.46. The van der Waals surface area contributed by atoms with Crippen molar-refractivity contribution in [2.75, 3.05) is 19.8 Å². The average molecular weight is 429 g/mol. The fourth-order valence-corrected chi connectivity index (χ4v) is 2.77. The van der Waals surface area contributed by atoms with Crippen molar-refractivity contribution in [1.82, 2.24) is 0 Å². The van der Waals surface area contributed by atoms with E-state index in [0.29, 0.717) is 39.3 Å². The Morgan fingerprint density at radius 3 is 1.74 bits per heavy atom. The van der Waals surface area contributed by atoms with Crippen molar-refractivity contribution in [1.29, 1.82) is 0 Å². The minimum Gasteiger partial charge on any atom is -0.462 e. The van der Waals surface area contributed by atoms with Gasteiger partial charge in [-0.25, -0.2) is 0 Å². The molecule has 0 radical (unpaired) electrons. The normalized spacial score (nSPS) is 11.6. The summed E-state index contributed by atoms with van der Waals surface area (Å²) in [5.41, 5.74) is 2.20. The standard InChI is InChI=1S/C25H32O6/c1-21(31-25(27)15-9-17-29-20-23-12-6-3-7-13-23)18-30-24(26)14-8-16-28-19-22-10-4-2-5-11-22/h2-7,10-13,21H,8-9,14-20H2,1H3. The zero-order valence-electron chi connectivity index (χ0n) is 18.2. The number of hydrogen-bond donors (Lipinski definition) is 0. The van der Waals surface area contributed by atoms with E-state index in [-0.39, 0.29) is 31.4 Å². The molecule has 0 amide bonds. The first-order valence-electron chi connectivity index (χ1n) is 10.7. The van der Waals surface area contributed by atoms with E-state index in [9.17, 15) is 9.59 Å². The maximum absolute atomic E-state index is 11.9. The summed E-state index contributed by atoms with van der Waals surface area (Å²) in [7, 11) is 0. The Hall–Kier alpha value is -2.70. The molecular weight excluding hydrogens is 396 g/mol. The number of rotatable bonds is 15. The maximum atomic E-state index is 11.9. The van der Waals surface area contributed by atoms with Crippen LogP contribution in [-0.2, 0) is 41.8 Å². The lowest BCUT2D eigenvalue weighted by atomic mass is 10.2. The van der Waals surface area contributed by atoms with Crippen molar-refractivity contribution >= 4 is 11.9 Å². The smallest absolute Gasteiger partial charge is 0.306 e. The van der Waals surface area contributed by atoms with Gasteiger partial charge in [-0.05, 0) is 30.9 Å². The molecule has 0 bridgehead atoms. The van der Waals surface area contributed by atoms with Crippen LogP contribution in [0.1, 0.15) is 43.7 Å². The molecule has 168 valence electrons. The molecule has 0 saturated carbocycles. The van der Waals surface area contributed by atoms with Crippen molar-refractivity contribution in [2.45, 2.75) is 51.9 Å². The van der Waals surface area contributed by atoms with Gasteiger partial charge in [-0.3, -0.25) is 9.59 Å². The predicted molar refractivity (Wildman–Crippen MR) is 117 cm³/mol. The molecule has 2 aromatic rings. The van der Waals surface area contributed by atoms with E-state index in [0.717, 1.165) is 11.1 Å². The van der Waals surface area contributed by atoms with Crippen LogP contribution in [0.25, 0.3) is 0 Å². The number of benzene rings is 2. The van der Waals surface area contributed by atoms with E-state index in [4.69, 9.17) is 18.9 Å². The summed E-state index contributed by atoms with van der Waals surface area (Å²) in [5, 5.41) is 0. The van der Waals surface area contributed by atoms with Crippen LogP contribution in [0.2, 0.25) is 0 Å². The Bertz CT molecular complexity index is 747. The zero-order chi connectivity index (χ0) is 22.2. The van der Waals surface area contributed by atoms with E-state index < -0.39 is 6.10 Å². The molecular formula is C25H32O6. The number of hydrogen-bond acceptors (Lipinski definition) is 6. The summed E-state index contributed by atoms with van der Waals surface area (Å²) < 4.78 is 21.5. The van der Waals surface area contributed by atoms with E-state index in [1.807, 2.05) is 60.7 Å². The van der Waals surface area contributed by atoms with Crippen LogP contribution in [0.3, 0.4) is 0 Å². The van der Waals surface area contributed by atoms with Gasteiger partial charge in [0.25, 0.3) is 0 Å². The van der Waals surface area contributed by atoms with Crippen molar-refractivity contribution in [3.8, 4) is 0 Å². The van der Waals surface area contributed by atoms with Crippen LogP contribution in [-0.4, -0.2) is 37.9 Å². The van der Waals surface area contributed by atoms with Crippen molar-refractivity contribution < 1.29 is 28.5 Å². The van der Waals surface area contributed by atoms with E-state index in [1.165, 1.54) is 0 Å². The van der Waals surface area contributed by atoms with Crippen molar-refractivity contribution in [3.63, 3.8) is 0 Å². The second kappa shape index (κ2) is 15.2. The molecule has 6 heteroatoms. The van der Waals surface area contributed by atoms with E-state index in [2.05, 4.69) is 0 Å². The fraction of sp³-hybridized carbons (Fsp3) is 0.440. The third-order valence-corrected chi connectivity index (χ3v) is 4.37. The summed E-state index contributed by atoms with van der Waals surface area (Å²) in [4.78, 5) is 23.6. The van der Waals surface area contributed by atoms with Gasteiger partial charge < -0.3 is 18.9 Å². The minimum absolute atomic E-state index is 0.0555. The molecule has 0 aromatic heterocycles. The molecule has 0 spiro atoms. The summed E-state index contributed by atoms with van der Waals surface area (Å²) in [5.74, 6) is -0.637. The van der Waals surface area contributed by atoms with Gasteiger partial charge >= 0.3 is 11.9 Å². The van der Waals surface area contributed by atoms with Crippen LogP contribution in [0, 0.1) is 0 Å². The van der Waals surface area contributed by atoms with Crippen LogP contribution in [0.15, 0.2) is 60.7 Å². The van der Waals surface area contributed by atoms with Crippen molar-refractivity contribution in [2.24, 2.45) is 0 Å². The topological polar surface area (TPSA) is 71.1 Å². The molecule has 0 aliphatic rings. The summed E-state index contributed by atoms with van der Waals surface area (Å²) in [6.07, 6.45) is 1.24. The monoisotopic (exact) mass is 428 g/mol. The van der Waals surface area contributed by atoms with Gasteiger partial charge in [0.2, 0.25) is 0 Å². The Labute approximate surface area is 184 Å². The lowest BCUT2D eigenvalue weighted by molar-refractivity contribution is -0.158.